The van der Waals surface area contributed by atoms with Crippen molar-refractivity contribution in [2.24, 2.45) is 0 Å². The maximum absolute atomic E-state index is 13.4. The van der Waals surface area contributed by atoms with Crippen molar-refractivity contribution in [1.82, 2.24) is 4.98 Å². The van der Waals surface area contributed by atoms with E-state index >= 15 is 0 Å². The molecule has 0 aliphatic heterocycles. The average molecular weight is 277 g/mol. The Morgan fingerprint density at radius 3 is 2.63 bits per heavy atom. The topological polar surface area (TPSA) is 46.2 Å². The predicted octanol–water partition coefficient (Wildman–Crippen LogP) is 3.04. The highest BCUT2D eigenvalue weighted by Crippen LogP contribution is 2.14. The molecule has 0 bridgehead atoms. The molecule has 0 unspecified atom stereocenters. The maximum Gasteiger partial charge on any atom is 0.213 e. The van der Waals surface area contributed by atoms with E-state index in [1.807, 2.05) is 0 Å². The molecular formula is C13H12FN3OS. The highest BCUT2D eigenvalue weighted by molar-refractivity contribution is 7.80. The number of nitrogens with zero attached hydrogens (tertiary/aromatic N) is 1. The summed E-state index contributed by atoms with van der Waals surface area (Å²) in [6.45, 7) is 0. The molecule has 98 valence electrons. The number of para-hydroxylation sites is 1. The number of ether oxygens (including phenoxy) is 1. The molecule has 0 spiro atoms. The standard InChI is InChI=1S/C13H12FN3OS/c1-18-12-7-6-9(8-15-12)16-13(19)17-11-5-3-2-4-10(11)14/h2-8H,1H3,(H2,16,17,19). The number of thiocarbonyl (C=S) groups is 1. The summed E-state index contributed by atoms with van der Waals surface area (Å²) in [6.07, 6.45) is 1.58. The number of anilines is 2. The van der Waals surface area contributed by atoms with Crippen LogP contribution in [0.4, 0.5) is 15.8 Å². The lowest BCUT2D eigenvalue weighted by Crippen LogP contribution is -2.19. The van der Waals surface area contributed by atoms with Crippen LogP contribution in [0.15, 0.2) is 42.6 Å². The third-order valence-electron chi connectivity index (χ3n) is 2.33. The van der Waals surface area contributed by atoms with Gasteiger partial charge in [0.05, 0.1) is 24.7 Å². The molecule has 19 heavy (non-hydrogen) atoms. The molecule has 2 aromatic rings. The average Bonchev–Trinajstić information content (AvgIpc) is 2.42. The van der Waals surface area contributed by atoms with Gasteiger partial charge in [-0.2, -0.15) is 0 Å². The van der Waals surface area contributed by atoms with Crippen LogP contribution in [0, 0.1) is 5.82 Å². The zero-order chi connectivity index (χ0) is 13.7. The second-order valence-corrected chi connectivity index (χ2v) is 4.06. The van der Waals surface area contributed by atoms with Crippen LogP contribution < -0.4 is 15.4 Å². The largest absolute Gasteiger partial charge is 0.481 e. The molecule has 0 radical (unpaired) electrons. The molecule has 0 saturated heterocycles. The quantitative estimate of drug-likeness (QED) is 0.844. The smallest absolute Gasteiger partial charge is 0.213 e. The van der Waals surface area contributed by atoms with E-state index in [4.69, 9.17) is 17.0 Å². The number of hydrogen-bond donors (Lipinski definition) is 2. The zero-order valence-corrected chi connectivity index (χ0v) is 11.0. The van der Waals surface area contributed by atoms with Crippen molar-refractivity contribution < 1.29 is 9.13 Å². The summed E-state index contributed by atoms with van der Waals surface area (Å²) in [7, 11) is 1.54. The SMILES string of the molecule is COc1ccc(NC(=S)Nc2ccccc2F)cn1. The molecule has 1 heterocycles. The van der Waals surface area contributed by atoms with Crippen LogP contribution in [0.3, 0.4) is 0 Å². The molecule has 0 saturated carbocycles. The van der Waals surface area contributed by atoms with E-state index in [1.165, 1.54) is 6.07 Å². The van der Waals surface area contributed by atoms with E-state index < -0.39 is 0 Å². The Balaban J connectivity index is 1.99. The summed E-state index contributed by atoms with van der Waals surface area (Å²) < 4.78 is 18.4. The number of halogens is 1. The molecule has 0 fully saturated rings. The fraction of sp³-hybridized carbons (Fsp3) is 0.0769. The molecule has 1 aromatic heterocycles. The number of nitrogens with one attached hydrogen (secondary N) is 2. The number of methoxy groups -OCH3 is 1. The van der Waals surface area contributed by atoms with Gasteiger partial charge in [-0.3, -0.25) is 0 Å². The van der Waals surface area contributed by atoms with Gasteiger partial charge in [0.2, 0.25) is 5.88 Å². The van der Waals surface area contributed by atoms with Crippen LogP contribution in [0.5, 0.6) is 5.88 Å². The van der Waals surface area contributed by atoms with Crippen molar-refractivity contribution in [3.63, 3.8) is 0 Å². The first-order chi connectivity index (χ1) is 9.19. The van der Waals surface area contributed by atoms with Crippen LogP contribution in [0.2, 0.25) is 0 Å². The molecule has 0 atom stereocenters. The van der Waals surface area contributed by atoms with E-state index in [-0.39, 0.29) is 10.9 Å². The summed E-state index contributed by atoms with van der Waals surface area (Å²) in [5.41, 5.74) is 1.01. The third kappa shape index (κ3) is 3.62. The van der Waals surface area contributed by atoms with E-state index in [0.717, 1.165) is 0 Å². The molecule has 0 aliphatic carbocycles. The molecule has 6 heteroatoms. The summed E-state index contributed by atoms with van der Waals surface area (Å²) in [5, 5.41) is 5.97. The van der Waals surface area contributed by atoms with Gasteiger partial charge in [-0.1, -0.05) is 12.1 Å². The summed E-state index contributed by atoms with van der Waals surface area (Å²) >= 11 is 5.09. The minimum atomic E-state index is -0.362. The van der Waals surface area contributed by atoms with Gasteiger partial charge in [0.15, 0.2) is 5.11 Å². The molecular weight excluding hydrogens is 265 g/mol. The fourth-order valence-corrected chi connectivity index (χ4v) is 1.65. The summed E-state index contributed by atoms with van der Waals surface area (Å²) in [5.74, 6) is 0.151. The molecule has 1 aromatic carbocycles. The van der Waals surface area contributed by atoms with Crippen LogP contribution in [0.1, 0.15) is 0 Å². The highest BCUT2D eigenvalue weighted by atomic mass is 32.1. The molecule has 0 amide bonds. The first-order valence-corrected chi connectivity index (χ1v) is 5.92. The Morgan fingerprint density at radius 1 is 1.21 bits per heavy atom. The second kappa shape index (κ2) is 6.10. The third-order valence-corrected chi connectivity index (χ3v) is 2.53. The lowest BCUT2D eigenvalue weighted by Gasteiger charge is -2.11. The van der Waals surface area contributed by atoms with Gasteiger partial charge in [0.25, 0.3) is 0 Å². The minimum Gasteiger partial charge on any atom is -0.481 e. The van der Waals surface area contributed by atoms with Gasteiger partial charge >= 0.3 is 0 Å². The number of rotatable bonds is 3. The van der Waals surface area contributed by atoms with Crippen molar-refractivity contribution in [3.8, 4) is 5.88 Å². The highest BCUT2D eigenvalue weighted by Gasteiger charge is 2.03. The molecule has 0 aliphatic rings. The Morgan fingerprint density at radius 2 is 2.00 bits per heavy atom. The first kappa shape index (κ1) is 13.2. The van der Waals surface area contributed by atoms with Crippen molar-refractivity contribution in [1.29, 1.82) is 0 Å². The Kier molecular flexibility index (Phi) is 4.25. The summed E-state index contributed by atoms with van der Waals surface area (Å²) in [4.78, 5) is 4.03. The van der Waals surface area contributed by atoms with Gasteiger partial charge in [-0.25, -0.2) is 9.37 Å². The second-order valence-electron chi connectivity index (χ2n) is 3.65. The zero-order valence-electron chi connectivity index (χ0n) is 10.2. The van der Waals surface area contributed by atoms with Crippen molar-refractivity contribution >= 4 is 28.7 Å². The lowest BCUT2D eigenvalue weighted by molar-refractivity contribution is 0.398. The monoisotopic (exact) mass is 277 g/mol. The minimum absolute atomic E-state index is 0.289. The summed E-state index contributed by atoms with van der Waals surface area (Å²) in [6, 6.07) is 9.78. The Hall–Kier alpha value is -2.21. The normalized spacial score (nSPS) is 9.79. The Labute approximate surface area is 115 Å². The van der Waals surface area contributed by atoms with Gasteiger partial charge in [0, 0.05) is 6.07 Å². The van der Waals surface area contributed by atoms with Gasteiger partial charge in [-0.05, 0) is 30.4 Å². The maximum atomic E-state index is 13.4. The van der Waals surface area contributed by atoms with Gasteiger partial charge in [0.1, 0.15) is 5.82 Å². The van der Waals surface area contributed by atoms with E-state index in [1.54, 1.807) is 43.6 Å². The predicted molar refractivity (Wildman–Crippen MR) is 77.0 cm³/mol. The molecule has 4 nitrogen and oxygen atoms in total. The number of hydrogen-bond acceptors (Lipinski definition) is 3. The molecule has 2 rings (SSSR count). The fourth-order valence-electron chi connectivity index (χ4n) is 1.42. The first-order valence-electron chi connectivity index (χ1n) is 5.51. The van der Waals surface area contributed by atoms with Crippen molar-refractivity contribution in [2.75, 3.05) is 17.7 Å². The molecule has 2 N–H and O–H groups in total. The lowest BCUT2D eigenvalue weighted by atomic mass is 10.3. The van der Waals surface area contributed by atoms with E-state index in [2.05, 4.69) is 15.6 Å². The van der Waals surface area contributed by atoms with Crippen LogP contribution in [-0.2, 0) is 0 Å². The van der Waals surface area contributed by atoms with Gasteiger partial charge < -0.3 is 15.4 Å². The number of pyridine rings is 1. The van der Waals surface area contributed by atoms with Crippen LogP contribution >= 0.6 is 12.2 Å². The van der Waals surface area contributed by atoms with Crippen molar-refractivity contribution in [2.45, 2.75) is 0 Å². The van der Waals surface area contributed by atoms with E-state index in [0.29, 0.717) is 17.3 Å². The van der Waals surface area contributed by atoms with Crippen LogP contribution in [0.25, 0.3) is 0 Å². The van der Waals surface area contributed by atoms with Crippen LogP contribution in [-0.4, -0.2) is 17.2 Å². The Bertz CT molecular complexity index is 574. The van der Waals surface area contributed by atoms with Gasteiger partial charge in [-0.15, -0.1) is 0 Å². The number of aromatic nitrogens is 1. The number of benzene rings is 1. The van der Waals surface area contributed by atoms with E-state index in [9.17, 15) is 4.39 Å². The van der Waals surface area contributed by atoms with Crippen molar-refractivity contribution in [3.05, 3.63) is 48.4 Å².